The number of Topliss-reactive ketones (excluding diaryl/α,β-unsaturated/α-hetero) is 1. The van der Waals surface area contributed by atoms with E-state index < -0.39 is 0 Å². The van der Waals surface area contributed by atoms with E-state index in [4.69, 9.17) is 9.47 Å². The Bertz CT molecular complexity index is 747. The average molecular weight is 343 g/mol. The molecule has 2 aliphatic carbocycles. The number of benzene rings is 1. The van der Waals surface area contributed by atoms with Gasteiger partial charge in [0.15, 0.2) is 23.4 Å². The van der Waals surface area contributed by atoms with Gasteiger partial charge in [-0.25, -0.2) is 0 Å². The van der Waals surface area contributed by atoms with Gasteiger partial charge in [-0.05, 0) is 56.3 Å². The topological polar surface area (TPSA) is 59.0 Å². The summed E-state index contributed by atoms with van der Waals surface area (Å²) in [6.07, 6.45) is 2.77. The number of piperidine rings is 1. The molecule has 1 aromatic carbocycles. The summed E-state index contributed by atoms with van der Waals surface area (Å²) in [5.74, 6) is 2.34. The van der Waals surface area contributed by atoms with Crippen molar-refractivity contribution in [3.8, 4) is 11.5 Å². The minimum atomic E-state index is -0.381. The number of ketones is 1. The molecule has 4 aliphatic rings. The zero-order valence-electron chi connectivity index (χ0n) is 14.8. The molecule has 5 atom stereocenters. The number of aliphatic hydroxyl groups is 1. The first-order chi connectivity index (χ1) is 12.1. The van der Waals surface area contributed by atoms with E-state index in [9.17, 15) is 9.90 Å². The molecule has 2 fully saturated rings. The molecule has 1 saturated carbocycles. The lowest BCUT2D eigenvalue weighted by atomic mass is 9.48. The van der Waals surface area contributed by atoms with E-state index in [-0.39, 0.29) is 29.8 Å². The Kier molecular flexibility index (Phi) is 3.26. The highest BCUT2D eigenvalue weighted by Crippen LogP contribution is 2.64. The van der Waals surface area contributed by atoms with Crippen LogP contribution in [0, 0.1) is 11.8 Å². The van der Waals surface area contributed by atoms with Crippen molar-refractivity contribution in [3.63, 3.8) is 0 Å². The van der Waals surface area contributed by atoms with Crippen molar-refractivity contribution in [2.75, 3.05) is 27.3 Å². The number of nitrogens with zero attached hydrogens (tertiary/aromatic N) is 1. The number of hydrogen-bond donors (Lipinski definition) is 1. The highest BCUT2D eigenvalue weighted by molar-refractivity contribution is 5.89. The van der Waals surface area contributed by atoms with Gasteiger partial charge >= 0.3 is 0 Å². The molecule has 0 aromatic heterocycles. The van der Waals surface area contributed by atoms with Crippen LogP contribution in [0.25, 0.3) is 0 Å². The maximum atomic E-state index is 13.0. The molecule has 1 saturated heterocycles. The van der Waals surface area contributed by atoms with Crippen LogP contribution in [0.3, 0.4) is 0 Å². The van der Waals surface area contributed by atoms with Crippen LogP contribution in [0.5, 0.6) is 11.5 Å². The molecule has 3 unspecified atom stereocenters. The van der Waals surface area contributed by atoms with Crippen molar-refractivity contribution >= 4 is 5.78 Å². The Morgan fingerprint density at radius 2 is 2.24 bits per heavy atom. The van der Waals surface area contributed by atoms with Gasteiger partial charge in [-0.15, -0.1) is 0 Å². The van der Waals surface area contributed by atoms with E-state index in [0.29, 0.717) is 24.8 Å². The van der Waals surface area contributed by atoms with Crippen LogP contribution in [-0.4, -0.2) is 55.2 Å². The van der Waals surface area contributed by atoms with E-state index in [1.54, 1.807) is 7.11 Å². The fraction of sp³-hybridized carbons (Fsp3) is 0.650. The number of likely N-dealkylation sites (N-methyl/N-ethyl adjacent to an activating group) is 1. The van der Waals surface area contributed by atoms with Gasteiger partial charge in [0.1, 0.15) is 0 Å². The van der Waals surface area contributed by atoms with Gasteiger partial charge in [0.25, 0.3) is 0 Å². The number of carbonyl (C=O) groups is 1. The molecule has 2 aliphatic heterocycles. The zero-order valence-corrected chi connectivity index (χ0v) is 14.8. The summed E-state index contributed by atoms with van der Waals surface area (Å²) >= 11 is 0. The monoisotopic (exact) mass is 343 g/mol. The highest BCUT2D eigenvalue weighted by atomic mass is 16.5. The molecule has 5 rings (SSSR count). The molecule has 1 aromatic rings. The molecule has 5 heteroatoms. The van der Waals surface area contributed by atoms with E-state index in [1.165, 1.54) is 11.1 Å². The summed E-state index contributed by atoms with van der Waals surface area (Å²) in [6.45, 7) is 1.13. The van der Waals surface area contributed by atoms with Crippen LogP contribution in [0.2, 0.25) is 0 Å². The number of aliphatic hydroxyl groups excluding tert-OH is 1. The highest BCUT2D eigenvalue weighted by Gasteiger charge is 2.67. The molecule has 1 N–H and O–H groups in total. The third-order valence-electron chi connectivity index (χ3n) is 7.24. The molecule has 2 heterocycles. The molecular formula is C20H25NO4. The lowest BCUT2D eigenvalue weighted by molar-refractivity contribution is -0.144. The molecule has 2 bridgehead atoms. The number of hydrogen-bond acceptors (Lipinski definition) is 5. The lowest BCUT2D eigenvalue weighted by Gasteiger charge is -2.59. The normalized spacial score (nSPS) is 38.3. The SMILES string of the molecule is COc1ccc2c3c1O[C@H]1C(=O)C[C@H](CCO)C4C(C2)N(C)CCC341. The van der Waals surface area contributed by atoms with Crippen molar-refractivity contribution in [2.45, 2.75) is 43.2 Å². The Hall–Kier alpha value is -1.59. The first-order valence-electron chi connectivity index (χ1n) is 9.32. The van der Waals surface area contributed by atoms with Crippen molar-refractivity contribution in [2.24, 2.45) is 11.8 Å². The van der Waals surface area contributed by atoms with Gasteiger partial charge in [-0.1, -0.05) is 6.07 Å². The fourth-order valence-corrected chi connectivity index (χ4v) is 6.36. The number of ether oxygens (including phenoxy) is 2. The Morgan fingerprint density at radius 3 is 3.00 bits per heavy atom. The third-order valence-corrected chi connectivity index (χ3v) is 7.24. The summed E-state index contributed by atoms with van der Waals surface area (Å²) in [7, 11) is 3.86. The molecular weight excluding hydrogens is 318 g/mol. The number of methoxy groups -OCH3 is 1. The van der Waals surface area contributed by atoms with Crippen LogP contribution in [0.15, 0.2) is 12.1 Å². The van der Waals surface area contributed by atoms with Crippen LogP contribution < -0.4 is 9.47 Å². The summed E-state index contributed by atoms with van der Waals surface area (Å²) in [5, 5.41) is 9.60. The van der Waals surface area contributed by atoms with E-state index in [1.807, 2.05) is 6.07 Å². The third kappa shape index (κ3) is 1.78. The second-order valence-corrected chi connectivity index (χ2v) is 8.14. The van der Waals surface area contributed by atoms with Gasteiger partial charge < -0.3 is 19.5 Å². The van der Waals surface area contributed by atoms with E-state index >= 15 is 0 Å². The number of rotatable bonds is 3. The predicted molar refractivity (Wildman–Crippen MR) is 92.1 cm³/mol. The minimum absolute atomic E-state index is 0.143. The predicted octanol–water partition coefficient (Wildman–Crippen LogP) is 1.54. The van der Waals surface area contributed by atoms with Crippen LogP contribution in [0.1, 0.15) is 30.4 Å². The van der Waals surface area contributed by atoms with Crippen molar-refractivity contribution in [1.82, 2.24) is 4.90 Å². The fourth-order valence-electron chi connectivity index (χ4n) is 6.36. The Balaban J connectivity index is 1.77. The lowest BCUT2D eigenvalue weighted by Crippen LogP contribution is -2.68. The smallest absolute Gasteiger partial charge is 0.174 e. The molecule has 1 spiro atoms. The van der Waals surface area contributed by atoms with Crippen LogP contribution in [0.4, 0.5) is 0 Å². The zero-order chi connectivity index (χ0) is 17.3. The standard InChI is InChI=1S/C20H25NO4/c1-21-7-6-20-16-12(5-8-22)10-14(23)19(20)25-18-15(24-2)4-3-11(17(18)20)9-13(16)21/h3-4,12-13,16,19,22H,5-10H2,1-2H3/t12-,13?,16?,19-,20?/m0/s1. The molecule has 5 nitrogen and oxygen atoms in total. The summed E-state index contributed by atoms with van der Waals surface area (Å²) in [4.78, 5) is 15.5. The Labute approximate surface area is 147 Å². The van der Waals surface area contributed by atoms with E-state index in [2.05, 4.69) is 18.0 Å². The molecule has 25 heavy (non-hydrogen) atoms. The molecule has 0 radical (unpaired) electrons. The summed E-state index contributed by atoms with van der Waals surface area (Å²) in [6, 6.07) is 4.55. The van der Waals surface area contributed by atoms with Gasteiger partial charge in [0.2, 0.25) is 0 Å². The second-order valence-electron chi connectivity index (χ2n) is 8.14. The van der Waals surface area contributed by atoms with Crippen molar-refractivity contribution < 1.29 is 19.4 Å². The maximum Gasteiger partial charge on any atom is 0.174 e. The first-order valence-corrected chi connectivity index (χ1v) is 9.32. The number of carbonyl (C=O) groups excluding carboxylic acids is 1. The summed E-state index contributed by atoms with van der Waals surface area (Å²) in [5.41, 5.74) is 2.31. The first kappa shape index (κ1) is 15.6. The molecule has 134 valence electrons. The van der Waals surface area contributed by atoms with Gasteiger partial charge in [-0.3, -0.25) is 4.79 Å². The van der Waals surface area contributed by atoms with Crippen LogP contribution >= 0.6 is 0 Å². The van der Waals surface area contributed by atoms with Gasteiger partial charge in [0.05, 0.1) is 7.11 Å². The quantitative estimate of drug-likeness (QED) is 0.902. The van der Waals surface area contributed by atoms with Gasteiger partial charge in [-0.2, -0.15) is 0 Å². The maximum absolute atomic E-state index is 13.0. The van der Waals surface area contributed by atoms with Crippen molar-refractivity contribution in [3.05, 3.63) is 23.3 Å². The molecule has 0 amide bonds. The average Bonchev–Trinajstić information content (AvgIpc) is 2.95. The van der Waals surface area contributed by atoms with Crippen molar-refractivity contribution in [1.29, 1.82) is 0 Å². The van der Waals surface area contributed by atoms with Gasteiger partial charge in [0, 0.05) is 30.0 Å². The number of likely N-dealkylation sites (tertiary alicyclic amines) is 1. The summed E-state index contributed by atoms with van der Waals surface area (Å²) < 4.78 is 11.9. The Morgan fingerprint density at radius 1 is 1.40 bits per heavy atom. The van der Waals surface area contributed by atoms with Crippen LogP contribution in [-0.2, 0) is 16.6 Å². The minimum Gasteiger partial charge on any atom is -0.493 e. The largest absolute Gasteiger partial charge is 0.493 e. The van der Waals surface area contributed by atoms with E-state index in [0.717, 1.165) is 30.9 Å². The second kappa shape index (κ2) is 5.21.